The van der Waals surface area contributed by atoms with E-state index in [-0.39, 0.29) is 0 Å². The fraction of sp³-hybridized carbons (Fsp3) is 0.333. The molecule has 0 saturated heterocycles. The number of aryl methyl sites for hydroxylation is 2. The lowest BCUT2D eigenvalue weighted by Gasteiger charge is -1.94. The highest BCUT2D eigenvalue weighted by atomic mass is 32.1. The molecule has 0 bridgehead atoms. The molecule has 0 unspecified atom stereocenters. The number of aromatic nitrogens is 5. The molecular formula is C9H10N6S2. The van der Waals surface area contributed by atoms with E-state index in [1.807, 2.05) is 5.38 Å². The van der Waals surface area contributed by atoms with Crippen molar-refractivity contribution < 1.29 is 0 Å². The lowest BCUT2D eigenvalue weighted by Crippen LogP contribution is -1.92. The first-order valence-corrected chi connectivity index (χ1v) is 6.86. The number of nitrogen functional groups attached to an aromatic ring is 1. The molecule has 8 heteroatoms. The molecule has 0 radical (unpaired) electrons. The minimum atomic E-state index is 0.638. The van der Waals surface area contributed by atoms with Crippen LogP contribution in [-0.2, 0) is 12.8 Å². The van der Waals surface area contributed by atoms with E-state index in [2.05, 4.69) is 20.3 Å². The minimum Gasteiger partial charge on any atom is -0.375 e. The van der Waals surface area contributed by atoms with Gasteiger partial charge in [0.25, 0.3) is 0 Å². The van der Waals surface area contributed by atoms with Gasteiger partial charge in [-0.15, -0.1) is 21.5 Å². The Bertz CT molecular complexity index is 596. The number of anilines is 1. The number of rotatable bonds is 4. The highest BCUT2D eigenvalue weighted by Crippen LogP contribution is 2.16. The first-order chi connectivity index (χ1) is 8.31. The summed E-state index contributed by atoms with van der Waals surface area (Å²) in [7, 11) is 0. The van der Waals surface area contributed by atoms with E-state index in [1.165, 1.54) is 11.3 Å². The standard InChI is InChI=1S/C9H10N6S2/c10-8-12-6(4-16-8)2-1-3-7-14-15-5-11-13-9(15)17-7/h4-5H,1-3H2,(H2,10,12). The Morgan fingerprint density at radius 1 is 1.35 bits per heavy atom. The maximum atomic E-state index is 5.58. The van der Waals surface area contributed by atoms with Crippen LogP contribution in [0.3, 0.4) is 0 Å². The Morgan fingerprint density at radius 3 is 3.06 bits per heavy atom. The SMILES string of the molecule is Nc1nc(CCCc2nn3cnnc3s2)cs1. The molecule has 6 nitrogen and oxygen atoms in total. The third kappa shape index (κ3) is 2.27. The van der Waals surface area contributed by atoms with Crippen LogP contribution in [0.2, 0.25) is 0 Å². The van der Waals surface area contributed by atoms with Gasteiger partial charge < -0.3 is 5.73 Å². The van der Waals surface area contributed by atoms with E-state index in [0.29, 0.717) is 5.13 Å². The monoisotopic (exact) mass is 266 g/mol. The second-order valence-electron chi connectivity index (χ2n) is 3.58. The van der Waals surface area contributed by atoms with Gasteiger partial charge in [0.15, 0.2) is 5.13 Å². The fourth-order valence-corrected chi connectivity index (χ4v) is 3.01. The summed E-state index contributed by atoms with van der Waals surface area (Å²) in [6, 6.07) is 0. The van der Waals surface area contributed by atoms with Crippen molar-refractivity contribution in [1.29, 1.82) is 0 Å². The summed E-state index contributed by atoms with van der Waals surface area (Å²) in [5.41, 5.74) is 6.64. The van der Waals surface area contributed by atoms with Gasteiger partial charge in [0, 0.05) is 11.8 Å². The zero-order valence-corrected chi connectivity index (χ0v) is 10.5. The number of hydrogen-bond acceptors (Lipinski definition) is 7. The van der Waals surface area contributed by atoms with Gasteiger partial charge in [-0.25, -0.2) is 4.98 Å². The predicted molar refractivity (Wildman–Crippen MR) is 67.2 cm³/mol. The molecule has 0 atom stereocenters. The van der Waals surface area contributed by atoms with Gasteiger partial charge in [0.2, 0.25) is 4.96 Å². The van der Waals surface area contributed by atoms with Gasteiger partial charge in [-0.1, -0.05) is 11.3 Å². The van der Waals surface area contributed by atoms with Crippen LogP contribution >= 0.6 is 22.7 Å². The van der Waals surface area contributed by atoms with Crippen LogP contribution in [0.4, 0.5) is 5.13 Å². The second kappa shape index (κ2) is 4.38. The first kappa shape index (κ1) is 10.6. The quantitative estimate of drug-likeness (QED) is 0.772. The molecule has 0 aliphatic rings. The third-order valence-corrected chi connectivity index (χ3v) is 4.02. The summed E-state index contributed by atoms with van der Waals surface area (Å²) in [6.45, 7) is 0. The average molecular weight is 266 g/mol. The topological polar surface area (TPSA) is 82.0 Å². The Labute approximate surface area is 105 Å². The minimum absolute atomic E-state index is 0.638. The summed E-state index contributed by atoms with van der Waals surface area (Å²) in [6.07, 6.45) is 4.52. The number of thiazole rings is 1. The van der Waals surface area contributed by atoms with E-state index >= 15 is 0 Å². The number of hydrogen-bond donors (Lipinski definition) is 1. The van der Waals surface area contributed by atoms with Crippen molar-refractivity contribution in [2.75, 3.05) is 5.73 Å². The molecule has 88 valence electrons. The van der Waals surface area contributed by atoms with Crippen molar-refractivity contribution in [3.63, 3.8) is 0 Å². The van der Waals surface area contributed by atoms with E-state index in [1.54, 1.807) is 22.2 Å². The van der Waals surface area contributed by atoms with Crippen LogP contribution < -0.4 is 5.73 Å². The van der Waals surface area contributed by atoms with Crippen LogP contribution in [0.5, 0.6) is 0 Å². The molecule has 0 amide bonds. The van der Waals surface area contributed by atoms with Gasteiger partial charge in [-0.05, 0) is 12.8 Å². The van der Waals surface area contributed by atoms with E-state index in [0.717, 1.165) is 34.9 Å². The molecule has 3 aromatic rings. The van der Waals surface area contributed by atoms with Crippen molar-refractivity contribution in [3.05, 3.63) is 22.4 Å². The third-order valence-electron chi connectivity index (χ3n) is 2.32. The zero-order chi connectivity index (χ0) is 11.7. The second-order valence-corrected chi connectivity index (χ2v) is 5.51. The van der Waals surface area contributed by atoms with Crippen molar-refractivity contribution in [3.8, 4) is 0 Å². The van der Waals surface area contributed by atoms with Crippen LogP contribution in [0.15, 0.2) is 11.7 Å². The largest absolute Gasteiger partial charge is 0.375 e. The Kier molecular flexibility index (Phi) is 2.73. The predicted octanol–water partition coefficient (Wildman–Crippen LogP) is 1.40. The molecule has 0 aromatic carbocycles. The molecule has 3 heterocycles. The number of nitrogens with zero attached hydrogens (tertiary/aromatic N) is 5. The maximum absolute atomic E-state index is 5.58. The number of nitrogens with two attached hydrogens (primary N) is 1. The van der Waals surface area contributed by atoms with Crippen molar-refractivity contribution in [2.24, 2.45) is 0 Å². The van der Waals surface area contributed by atoms with Gasteiger partial charge >= 0.3 is 0 Å². The van der Waals surface area contributed by atoms with Crippen LogP contribution in [0, 0.1) is 0 Å². The summed E-state index contributed by atoms with van der Waals surface area (Å²) in [4.78, 5) is 5.07. The van der Waals surface area contributed by atoms with Crippen molar-refractivity contribution in [1.82, 2.24) is 24.8 Å². The van der Waals surface area contributed by atoms with E-state index in [4.69, 9.17) is 5.73 Å². The van der Waals surface area contributed by atoms with Crippen molar-refractivity contribution in [2.45, 2.75) is 19.3 Å². The van der Waals surface area contributed by atoms with Crippen molar-refractivity contribution >= 4 is 32.8 Å². The summed E-state index contributed by atoms with van der Waals surface area (Å²) >= 11 is 3.07. The molecule has 2 N–H and O–H groups in total. The van der Waals surface area contributed by atoms with E-state index in [9.17, 15) is 0 Å². The lowest BCUT2D eigenvalue weighted by atomic mass is 10.2. The van der Waals surface area contributed by atoms with Gasteiger partial charge in [-0.3, -0.25) is 0 Å². The van der Waals surface area contributed by atoms with Gasteiger partial charge in [-0.2, -0.15) is 9.61 Å². The lowest BCUT2D eigenvalue weighted by molar-refractivity contribution is 0.777. The molecule has 0 saturated carbocycles. The van der Waals surface area contributed by atoms with Gasteiger partial charge in [0.1, 0.15) is 11.3 Å². The summed E-state index contributed by atoms with van der Waals surface area (Å²) in [5.74, 6) is 0. The van der Waals surface area contributed by atoms with E-state index < -0.39 is 0 Å². The highest BCUT2D eigenvalue weighted by Gasteiger charge is 2.05. The molecule has 17 heavy (non-hydrogen) atoms. The van der Waals surface area contributed by atoms with Crippen LogP contribution in [0.25, 0.3) is 4.96 Å². The molecule has 0 aliphatic carbocycles. The number of fused-ring (bicyclic) bond motifs is 1. The molecule has 3 rings (SSSR count). The van der Waals surface area contributed by atoms with Crippen LogP contribution in [0.1, 0.15) is 17.1 Å². The molecule has 0 spiro atoms. The van der Waals surface area contributed by atoms with Gasteiger partial charge in [0.05, 0.1) is 5.69 Å². The van der Waals surface area contributed by atoms with Crippen LogP contribution in [-0.4, -0.2) is 24.8 Å². The zero-order valence-electron chi connectivity index (χ0n) is 8.91. The first-order valence-electron chi connectivity index (χ1n) is 5.17. The smallest absolute Gasteiger partial charge is 0.234 e. The Balaban J connectivity index is 1.59. The normalized spacial score (nSPS) is 11.3. The molecular weight excluding hydrogens is 256 g/mol. The molecule has 0 aliphatic heterocycles. The average Bonchev–Trinajstić information content (AvgIpc) is 2.94. The fourth-order valence-electron chi connectivity index (χ4n) is 1.56. The highest BCUT2D eigenvalue weighted by molar-refractivity contribution is 7.16. The molecule has 3 aromatic heterocycles. The summed E-state index contributed by atoms with van der Waals surface area (Å²) in [5, 5.41) is 15.8. The Morgan fingerprint density at radius 2 is 2.29 bits per heavy atom. The molecule has 0 fully saturated rings. The maximum Gasteiger partial charge on any atom is 0.234 e. The Hall–Kier alpha value is -1.54. The summed E-state index contributed by atoms with van der Waals surface area (Å²) < 4.78 is 1.71.